The van der Waals surface area contributed by atoms with E-state index in [1.807, 2.05) is 0 Å². The maximum absolute atomic E-state index is 13.4. The van der Waals surface area contributed by atoms with Gasteiger partial charge in [0.1, 0.15) is 11.5 Å². The lowest BCUT2D eigenvalue weighted by molar-refractivity contribution is 0.0912. The summed E-state index contributed by atoms with van der Waals surface area (Å²) >= 11 is 0. The number of rotatable bonds is 11. The molecule has 3 N–H and O–H groups in total. The lowest BCUT2D eigenvalue weighted by Crippen LogP contribution is -2.23. The first-order chi connectivity index (χ1) is 19.8. The number of anilines is 1. The van der Waals surface area contributed by atoms with Gasteiger partial charge in [0, 0.05) is 6.07 Å². The fourth-order valence-corrected chi connectivity index (χ4v) is 3.97. The highest BCUT2D eigenvalue weighted by atomic mass is 16.5. The first-order valence-electron chi connectivity index (χ1n) is 12.5. The third-order valence-electron chi connectivity index (χ3n) is 6.13. The van der Waals surface area contributed by atoms with Gasteiger partial charge >= 0.3 is 0 Å². The summed E-state index contributed by atoms with van der Waals surface area (Å²) in [5, 5.41) is 27.4. The number of methoxy groups -OCH3 is 4. The minimum Gasteiger partial charge on any atom is -0.504 e. The van der Waals surface area contributed by atoms with Gasteiger partial charge in [0.05, 0.1) is 52.1 Å². The van der Waals surface area contributed by atoms with Crippen LogP contribution in [0, 0.1) is 0 Å². The molecule has 0 atom stereocenters. The Kier molecular flexibility index (Phi) is 9.16. The lowest BCUT2D eigenvalue weighted by atomic mass is 10.1. The molecule has 10 heteroatoms. The van der Waals surface area contributed by atoms with Gasteiger partial charge < -0.3 is 34.5 Å². The molecule has 0 aliphatic rings. The number of carbonyl (C=O) groups is 1. The van der Waals surface area contributed by atoms with Crippen LogP contribution in [0.4, 0.5) is 5.69 Å². The first-order valence-corrected chi connectivity index (χ1v) is 12.5. The van der Waals surface area contributed by atoms with E-state index in [4.69, 9.17) is 18.9 Å². The van der Waals surface area contributed by atoms with Crippen molar-refractivity contribution in [2.45, 2.75) is 0 Å². The molecular formula is C31H31N3O7. The SMILES string of the molecule is COc1ccc(OC)c(NCC(=O)n2nc(/C=C\c3ccc(O)c(OC)c3)cc2/C=C\c2ccc(O)c(OC)c2)c1. The van der Waals surface area contributed by atoms with Crippen LogP contribution in [0.25, 0.3) is 24.3 Å². The average molecular weight is 558 g/mol. The van der Waals surface area contributed by atoms with E-state index in [-0.39, 0.29) is 24.0 Å². The average Bonchev–Trinajstić information content (AvgIpc) is 3.41. The molecule has 10 nitrogen and oxygen atoms in total. The Morgan fingerprint density at radius 3 is 1.95 bits per heavy atom. The van der Waals surface area contributed by atoms with E-state index in [1.165, 1.54) is 25.0 Å². The topological polar surface area (TPSA) is 124 Å². The van der Waals surface area contributed by atoms with Crippen LogP contribution in [0.3, 0.4) is 0 Å². The molecule has 3 aromatic carbocycles. The number of benzene rings is 3. The Balaban J connectivity index is 1.64. The smallest absolute Gasteiger partial charge is 0.266 e. The Labute approximate surface area is 237 Å². The predicted octanol–water partition coefficient (Wildman–Crippen LogP) is 5.42. The van der Waals surface area contributed by atoms with Crippen LogP contribution in [-0.2, 0) is 0 Å². The number of phenolic OH excluding ortho intramolecular Hbond substituents is 2. The van der Waals surface area contributed by atoms with Crippen molar-refractivity contribution in [1.82, 2.24) is 9.78 Å². The van der Waals surface area contributed by atoms with Crippen molar-refractivity contribution in [3.8, 4) is 34.5 Å². The van der Waals surface area contributed by atoms with Crippen molar-refractivity contribution in [2.75, 3.05) is 40.3 Å². The number of nitrogens with one attached hydrogen (secondary N) is 1. The van der Waals surface area contributed by atoms with Gasteiger partial charge in [0.2, 0.25) is 0 Å². The Hall–Kier alpha value is -5.38. The van der Waals surface area contributed by atoms with Crippen LogP contribution >= 0.6 is 0 Å². The molecule has 0 radical (unpaired) electrons. The number of ether oxygens (including phenoxy) is 4. The second kappa shape index (κ2) is 13.1. The van der Waals surface area contributed by atoms with Crippen molar-refractivity contribution in [3.63, 3.8) is 0 Å². The molecule has 212 valence electrons. The monoisotopic (exact) mass is 557 g/mol. The van der Waals surface area contributed by atoms with Crippen LogP contribution in [-0.4, -0.2) is 60.9 Å². The fraction of sp³-hybridized carbons (Fsp3) is 0.161. The Morgan fingerprint density at radius 1 is 0.756 bits per heavy atom. The molecule has 0 unspecified atom stereocenters. The van der Waals surface area contributed by atoms with Crippen LogP contribution in [0.5, 0.6) is 34.5 Å². The number of hydrogen-bond acceptors (Lipinski definition) is 9. The lowest BCUT2D eigenvalue weighted by Gasteiger charge is -2.12. The van der Waals surface area contributed by atoms with E-state index in [2.05, 4.69) is 10.4 Å². The number of aromatic nitrogens is 2. The molecule has 0 fully saturated rings. The van der Waals surface area contributed by atoms with E-state index in [0.29, 0.717) is 40.1 Å². The fourth-order valence-electron chi connectivity index (χ4n) is 3.97. The van der Waals surface area contributed by atoms with Gasteiger partial charge in [0.25, 0.3) is 5.91 Å². The zero-order chi connectivity index (χ0) is 29.4. The molecule has 0 spiro atoms. The van der Waals surface area contributed by atoms with Crippen LogP contribution < -0.4 is 24.3 Å². The highest BCUT2D eigenvalue weighted by molar-refractivity contribution is 5.87. The molecule has 1 heterocycles. The van der Waals surface area contributed by atoms with Crippen LogP contribution in [0.15, 0.2) is 60.7 Å². The summed E-state index contributed by atoms with van der Waals surface area (Å²) in [6.45, 7) is -0.0720. The number of nitrogens with zero attached hydrogens (tertiary/aromatic N) is 2. The van der Waals surface area contributed by atoms with Gasteiger partial charge in [0.15, 0.2) is 23.0 Å². The van der Waals surface area contributed by atoms with E-state index < -0.39 is 0 Å². The van der Waals surface area contributed by atoms with E-state index in [0.717, 1.165) is 11.1 Å². The van der Waals surface area contributed by atoms with Gasteiger partial charge in [-0.05, 0) is 65.7 Å². The standard InChI is InChI=1S/C31H31N3O7/c1-38-24-11-14-28(39-2)25(18-24)32-19-31(37)34-23(10-6-21-8-13-27(36)30(16-21)41-4)17-22(33-34)9-5-20-7-12-26(35)29(15-20)40-3/h5-18,32,35-36H,19H2,1-4H3/b9-5-,10-6-. The number of hydrogen-bond donors (Lipinski definition) is 3. The van der Waals surface area contributed by atoms with Crippen molar-refractivity contribution in [3.05, 3.63) is 83.2 Å². The Morgan fingerprint density at radius 2 is 1.37 bits per heavy atom. The highest BCUT2D eigenvalue weighted by Crippen LogP contribution is 2.30. The van der Waals surface area contributed by atoms with Crippen molar-refractivity contribution >= 4 is 35.9 Å². The molecule has 0 bridgehead atoms. The maximum atomic E-state index is 13.4. The molecule has 0 saturated carbocycles. The van der Waals surface area contributed by atoms with E-state index >= 15 is 0 Å². The van der Waals surface area contributed by atoms with Gasteiger partial charge in [-0.25, -0.2) is 0 Å². The van der Waals surface area contributed by atoms with Crippen molar-refractivity contribution in [1.29, 1.82) is 0 Å². The summed E-state index contributed by atoms with van der Waals surface area (Å²) in [7, 11) is 6.06. The number of carbonyl (C=O) groups excluding carboxylic acids is 1. The molecular weight excluding hydrogens is 526 g/mol. The normalized spacial score (nSPS) is 11.1. The summed E-state index contributed by atoms with van der Waals surface area (Å²) in [5.41, 5.74) is 3.20. The second-order valence-electron chi connectivity index (χ2n) is 8.75. The Bertz CT molecular complexity index is 1590. The zero-order valence-electron chi connectivity index (χ0n) is 23.1. The van der Waals surface area contributed by atoms with Gasteiger partial charge in [-0.3, -0.25) is 4.79 Å². The van der Waals surface area contributed by atoms with Gasteiger partial charge in [-0.1, -0.05) is 24.3 Å². The van der Waals surface area contributed by atoms with Gasteiger partial charge in [-0.2, -0.15) is 9.78 Å². The summed E-state index contributed by atoms with van der Waals surface area (Å²) in [6, 6.07) is 17.0. The summed E-state index contributed by atoms with van der Waals surface area (Å²) in [5.74, 6) is 1.62. The third kappa shape index (κ3) is 6.99. The van der Waals surface area contributed by atoms with Crippen molar-refractivity contribution < 1.29 is 34.0 Å². The maximum Gasteiger partial charge on any atom is 0.266 e. The molecule has 1 aromatic heterocycles. The molecule has 4 aromatic rings. The number of aromatic hydroxyl groups is 2. The third-order valence-corrected chi connectivity index (χ3v) is 6.13. The van der Waals surface area contributed by atoms with Crippen LogP contribution in [0.1, 0.15) is 27.3 Å². The minimum atomic E-state index is -0.316. The zero-order valence-corrected chi connectivity index (χ0v) is 23.1. The molecule has 0 aliphatic carbocycles. The number of phenols is 2. The summed E-state index contributed by atoms with van der Waals surface area (Å²) in [4.78, 5) is 13.4. The highest BCUT2D eigenvalue weighted by Gasteiger charge is 2.14. The van der Waals surface area contributed by atoms with Gasteiger partial charge in [-0.15, -0.1) is 0 Å². The first kappa shape index (κ1) is 28.6. The molecule has 4 rings (SSSR count). The molecule has 0 aliphatic heterocycles. The second-order valence-corrected chi connectivity index (χ2v) is 8.75. The van der Waals surface area contributed by atoms with E-state index in [9.17, 15) is 15.0 Å². The predicted molar refractivity (Wildman–Crippen MR) is 158 cm³/mol. The van der Waals surface area contributed by atoms with Crippen molar-refractivity contribution in [2.24, 2.45) is 0 Å². The largest absolute Gasteiger partial charge is 0.504 e. The quantitative estimate of drug-likeness (QED) is 0.222. The summed E-state index contributed by atoms with van der Waals surface area (Å²) in [6.07, 6.45) is 7.11. The molecule has 41 heavy (non-hydrogen) atoms. The van der Waals surface area contributed by atoms with Crippen LogP contribution in [0.2, 0.25) is 0 Å². The molecule has 0 amide bonds. The minimum absolute atomic E-state index is 0.0298. The molecule has 0 saturated heterocycles. The summed E-state index contributed by atoms with van der Waals surface area (Å²) < 4.78 is 22.4. The van der Waals surface area contributed by atoms with E-state index in [1.54, 1.807) is 93.1 Å².